The van der Waals surface area contributed by atoms with Crippen LogP contribution in [0.25, 0.3) is 0 Å². The Labute approximate surface area is 217 Å². The number of amides is 1. The number of rotatable bonds is 7. The van der Waals surface area contributed by atoms with Gasteiger partial charge in [-0.1, -0.05) is 6.07 Å². The van der Waals surface area contributed by atoms with Gasteiger partial charge in [0.15, 0.2) is 5.69 Å². The van der Waals surface area contributed by atoms with Crippen LogP contribution in [0.4, 0.5) is 24.9 Å². The van der Waals surface area contributed by atoms with Crippen molar-refractivity contribution in [2.75, 3.05) is 44.7 Å². The number of sulfonamides is 1. The Hall–Kier alpha value is -2.73. The van der Waals surface area contributed by atoms with E-state index >= 15 is 0 Å². The fourth-order valence-corrected chi connectivity index (χ4v) is 7.00. The van der Waals surface area contributed by atoms with Crippen molar-refractivity contribution in [3.05, 3.63) is 41.3 Å². The molecule has 1 atom stereocenters. The van der Waals surface area contributed by atoms with Crippen molar-refractivity contribution in [1.29, 1.82) is 0 Å². The summed E-state index contributed by atoms with van der Waals surface area (Å²) in [6.07, 6.45) is -3.12. The molecule has 0 spiro atoms. The fraction of sp³-hybridized carbons (Fsp3) is 0.524. The molecule has 0 bridgehead atoms. The maximum Gasteiger partial charge on any atom is 0.416 e. The third-order valence-electron chi connectivity index (χ3n) is 6.19. The SMILES string of the molecule is Cc1ccc(C(F)(F)F)cc1Nc1nc(C(=O)NS(=O)(=O)N2CCCN(S(=O)(=O)C3CCOC3)CC2)co1. The lowest BCUT2D eigenvalue weighted by Crippen LogP contribution is -2.46. The lowest BCUT2D eigenvalue weighted by molar-refractivity contribution is -0.137. The summed E-state index contributed by atoms with van der Waals surface area (Å²) in [6.45, 7) is 1.86. The Morgan fingerprint density at radius 3 is 2.50 bits per heavy atom. The van der Waals surface area contributed by atoms with E-state index in [-0.39, 0.29) is 50.9 Å². The van der Waals surface area contributed by atoms with Crippen LogP contribution in [0.5, 0.6) is 0 Å². The maximum atomic E-state index is 13.0. The first-order chi connectivity index (χ1) is 17.8. The number of aryl methyl sites for hydroxylation is 1. The first-order valence-electron chi connectivity index (χ1n) is 11.6. The number of carbonyl (C=O) groups is 1. The van der Waals surface area contributed by atoms with Crippen molar-refractivity contribution < 1.29 is 44.0 Å². The summed E-state index contributed by atoms with van der Waals surface area (Å²) < 4.78 is 105. The molecule has 3 heterocycles. The van der Waals surface area contributed by atoms with E-state index < -0.39 is 48.8 Å². The lowest BCUT2D eigenvalue weighted by Gasteiger charge is -2.23. The zero-order chi connectivity index (χ0) is 27.7. The fourth-order valence-electron chi connectivity index (χ4n) is 4.04. The molecule has 1 unspecified atom stereocenters. The molecule has 1 aromatic carbocycles. The summed E-state index contributed by atoms with van der Waals surface area (Å²) >= 11 is 0. The molecule has 17 heteroatoms. The number of hydrogen-bond acceptors (Lipinski definition) is 9. The molecule has 1 aromatic heterocycles. The van der Waals surface area contributed by atoms with Crippen LogP contribution < -0.4 is 10.0 Å². The van der Waals surface area contributed by atoms with Crippen LogP contribution >= 0.6 is 0 Å². The van der Waals surface area contributed by atoms with E-state index in [1.165, 1.54) is 10.4 Å². The molecule has 1 amide bonds. The van der Waals surface area contributed by atoms with Crippen LogP contribution in [-0.2, 0) is 31.1 Å². The molecule has 0 aliphatic carbocycles. The first kappa shape index (κ1) is 28.3. The van der Waals surface area contributed by atoms with Crippen LogP contribution in [0.1, 0.15) is 34.5 Å². The second kappa shape index (κ2) is 10.8. The number of hydrogen-bond donors (Lipinski definition) is 2. The number of ether oxygens (including phenoxy) is 1. The van der Waals surface area contributed by atoms with Gasteiger partial charge < -0.3 is 14.5 Å². The van der Waals surface area contributed by atoms with E-state index in [4.69, 9.17) is 9.15 Å². The predicted molar refractivity (Wildman–Crippen MR) is 128 cm³/mol. The van der Waals surface area contributed by atoms with E-state index in [0.29, 0.717) is 18.6 Å². The zero-order valence-corrected chi connectivity index (χ0v) is 21.8. The summed E-state index contributed by atoms with van der Waals surface area (Å²) in [5.74, 6) is -1.13. The third-order valence-corrected chi connectivity index (χ3v) is 9.98. The highest BCUT2D eigenvalue weighted by atomic mass is 32.2. The largest absolute Gasteiger partial charge is 0.431 e. The number of carbonyl (C=O) groups excluding carboxylic acids is 1. The normalized spacial score (nSPS) is 20.3. The standard InChI is InChI=1S/C21H26F3N5O7S2/c1-14-3-4-15(21(22,23)24)11-17(14)25-20-26-18(13-36-20)19(30)27-38(33,34)29-7-2-6-28(8-9-29)37(31,32)16-5-10-35-12-16/h3-4,11,13,16H,2,5-10,12H2,1H3,(H,25,26)(H,27,30). The molecule has 0 radical (unpaired) electrons. The number of anilines is 2. The number of nitrogens with one attached hydrogen (secondary N) is 2. The monoisotopic (exact) mass is 581 g/mol. The summed E-state index contributed by atoms with van der Waals surface area (Å²) in [6, 6.07) is 2.71. The number of aromatic nitrogens is 1. The highest BCUT2D eigenvalue weighted by Crippen LogP contribution is 2.33. The average molecular weight is 582 g/mol. The molecular formula is C21H26F3N5O7S2. The molecule has 0 saturated carbocycles. The van der Waals surface area contributed by atoms with Crippen molar-refractivity contribution in [3.63, 3.8) is 0 Å². The van der Waals surface area contributed by atoms with Gasteiger partial charge in [-0.2, -0.15) is 30.9 Å². The lowest BCUT2D eigenvalue weighted by atomic mass is 10.1. The molecule has 2 fully saturated rings. The molecule has 2 aliphatic rings. The van der Waals surface area contributed by atoms with Gasteiger partial charge in [0.25, 0.3) is 11.9 Å². The minimum absolute atomic E-state index is 0.0176. The van der Waals surface area contributed by atoms with Crippen molar-refractivity contribution in [1.82, 2.24) is 18.3 Å². The number of oxazole rings is 1. The van der Waals surface area contributed by atoms with Gasteiger partial charge in [0, 0.05) is 38.5 Å². The molecule has 2 N–H and O–H groups in total. The summed E-state index contributed by atoms with van der Waals surface area (Å²) in [4.78, 5) is 16.4. The Kier molecular flexibility index (Phi) is 8.04. The van der Waals surface area contributed by atoms with Gasteiger partial charge >= 0.3 is 16.4 Å². The molecule has 2 saturated heterocycles. The second-order valence-electron chi connectivity index (χ2n) is 8.81. The predicted octanol–water partition coefficient (Wildman–Crippen LogP) is 1.85. The summed E-state index contributed by atoms with van der Waals surface area (Å²) in [7, 11) is -8.01. The molecule has 210 valence electrons. The van der Waals surface area contributed by atoms with Crippen molar-refractivity contribution in [2.45, 2.75) is 31.2 Å². The van der Waals surface area contributed by atoms with Crippen LogP contribution in [-0.4, -0.2) is 81.0 Å². The number of halogens is 3. The van der Waals surface area contributed by atoms with Crippen molar-refractivity contribution in [2.24, 2.45) is 0 Å². The minimum Gasteiger partial charge on any atom is -0.431 e. The summed E-state index contributed by atoms with van der Waals surface area (Å²) in [5.41, 5.74) is -0.848. The smallest absolute Gasteiger partial charge is 0.416 e. The van der Waals surface area contributed by atoms with Gasteiger partial charge in [0.05, 0.1) is 12.2 Å². The highest BCUT2D eigenvalue weighted by molar-refractivity contribution is 7.89. The van der Waals surface area contributed by atoms with Crippen LogP contribution in [0.2, 0.25) is 0 Å². The molecule has 2 aromatic rings. The van der Waals surface area contributed by atoms with Crippen LogP contribution in [0, 0.1) is 6.92 Å². The quantitative estimate of drug-likeness (QED) is 0.499. The van der Waals surface area contributed by atoms with Gasteiger partial charge in [-0.25, -0.2) is 17.4 Å². The molecule has 38 heavy (non-hydrogen) atoms. The molecule has 12 nitrogen and oxygen atoms in total. The van der Waals surface area contributed by atoms with Crippen LogP contribution in [0.15, 0.2) is 28.9 Å². The van der Waals surface area contributed by atoms with Crippen molar-refractivity contribution >= 4 is 37.8 Å². The van der Waals surface area contributed by atoms with E-state index in [1.807, 2.05) is 4.72 Å². The van der Waals surface area contributed by atoms with E-state index in [2.05, 4.69) is 10.3 Å². The maximum absolute atomic E-state index is 13.0. The van der Waals surface area contributed by atoms with Gasteiger partial charge in [-0.15, -0.1) is 0 Å². The highest BCUT2D eigenvalue weighted by Gasteiger charge is 2.37. The molecule has 4 rings (SSSR count). The second-order valence-corrected chi connectivity index (χ2v) is 12.7. The number of nitrogens with zero attached hydrogens (tertiary/aromatic N) is 3. The number of alkyl halides is 3. The van der Waals surface area contributed by atoms with Gasteiger partial charge in [-0.05, 0) is 37.5 Å². The molecule has 2 aliphatic heterocycles. The first-order valence-corrected chi connectivity index (χ1v) is 14.5. The summed E-state index contributed by atoms with van der Waals surface area (Å²) in [5, 5.41) is 1.88. The van der Waals surface area contributed by atoms with Gasteiger partial charge in [0.2, 0.25) is 10.0 Å². The number of benzene rings is 1. The molecular weight excluding hydrogens is 555 g/mol. The van der Waals surface area contributed by atoms with Crippen molar-refractivity contribution in [3.8, 4) is 0 Å². The topological polar surface area (TPSA) is 151 Å². The Morgan fingerprint density at radius 2 is 1.82 bits per heavy atom. The van der Waals surface area contributed by atoms with Crippen LogP contribution in [0.3, 0.4) is 0 Å². The zero-order valence-electron chi connectivity index (χ0n) is 20.2. The average Bonchev–Trinajstić information content (AvgIpc) is 3.47. The Bertz CT molecular complexity index is 1390. The minimum atomic E-state index is -4.57. The van der Waals surface area contributed by atoms with E-state index in [1.54, 1.807) is 6.92 Å². The van der Waals surface area contributed by atoms with Gasteiger partial charge in [-0.3, -0.25) is 4.79 Å². The Balaban J connectivity index is 1.39. The Morgan fingerprint density at radius 1 is 1.11 bits per heavy atom. The van der Waals surface area contributed by atoms with E-state index in [9.17, 15) is 34.8 Å². The van der Waals surface area contributed by atoms with E-state index in [0.717, 1.165) is 22.7 Å². The van der Waals surface area contributed by atoms with Gasteiger partial charge in [0.1, 0.15) is 11.5 Å². The third kappa shape index (κ3) is 6.28.